The van der Waals surface area contributed by atoms with E-state index in [2.05, 4.69) is 15.2 Å². The summed E-state index contributed by atoms with van der Waals surface area (Å²) in [5, 5.41) is 16.0. The highest BCUT2D eigenvalue weighted by atomic mass is 16.4. The van der Waals surface area contributed by atoms with Gasteiger partial charge in [-0.15, -0.1) is 10.2 Å². The van der Waals surface area contributed by atoms with Crippen molar-refractivity contribution in [1.82, 2.24) is 15.2 Å². The molecule has 0 fully saturated rings. The summed E-state index contributed by atoms with van der Waals surface area (Å²) in [5.74, 6) is -0.380. The molecule has 0 aliphatic carbocycles. The smallest absolute Gasteiger partial charge is 0.312 e. The molecule has 0 amide bonds. The van der Waals surface area contributed by atoms with Crippen molar-refractivity contribution in [3.63, 3.8) is 0 Å². The van der Waals surface area contributed by atoms with Crippen molar-refractivity contribution in [3.05, 3.63) is 41.9 Å². The van der Waals surface area contributed by atoms with Gasteiger partial charge in [0.2, 0.25) is 11.8 Å². The Labute approximate surface area is 97.3 Å². The van der Waals surface area contributed by atoms with Crippen LogP contribution in [0.3, 0.4) is 0 Å². The van der Waals surface area contributed by atoms with Crippen LogP contribution in [0.4, 0.5) is 0 Å². The van der Waals surface area contributed by atoms with E-state index in [-0.39, 0.29) is 12.3 Å². The molecule has 0 bridgehead atoms. The van der Waals surface area contributed by atoms with Gasteiger partial charge in [0.1, 0.15) is 6.42 Å². The fourth-order valence-electron chi connectivity index (χ4n) is 1.39. The number of hydrogen-bond donors (Lipinski definition) is 1. The maximum atomic E-state index is 10.4. The van der Waals surface area contributed by atoms with Crippen LogP contribution in [0.15, 0.2) is 28.9 Å². The number of carboxylic acids is 1. The maximum Gasteiger partial charge on any atom is 0.312 e. The Bertz CT molecular complexity index is 496. The summed E-state index contributed by atoms with van der Waals surface area (Å²) in [5.41, 5.74) is 1.12. The van der Waals surface area contributed by atoms with Gasteiger partial charge in [-0.2, -0.15) is 0 Å². The van der Waals surface area contributed by atoms with E-state index in [9.17, 15) is 4.79 Å². The number of pyridine rings is 1. The molecule has 0 aliphatic heterocycles. The number of rotatable bonds is 5. The van der Waals surface area contributed by atoms with Gasteiger partial charge < -0.3 is 9.52 Å². The van der Waals surface area contributed by atoms with Crippen LogP contribution in [0.25, 0.3) is 0 Å². The quantitative estimate of drug-likeness (QED) is 0.824. The lowest BCUT2D eigenvalue weighted by Gasteiger charge is -1.96. The lowest BCUT2D eigenvalue weighted by Crippen LogP contribution is -1.99. The molecule has 0 atom stereocenters. The highest BCUT2D eigenvalue weighted by Crippen LogP contribution is 2.06. The zero-order chi connectivity index (χ0) is 12.1. The Kier molecular flexibility index (Phi) is 3.44. The normalized spacial score (nSPS) is 10.4. The number of nitrogens with zero attached hydrogens (tertiary/aromatic N) is 3. The largest absolute Gasteiger partial charge is 0.481 e. The summed E-state index contributed by atoms with van der Waals surface area (Å²) >= 11 is 0. The molecular formula is C11H11N3O3. The topological polar surface area (TPSA) is 89.1 Å². The van der Waals surface area contributed by atoms with E-state index < -0.39 is 5.97 Å². The summed E-state index contributed by atoms with van der Waals surface area (Å²) in [6.45, 7) is 0. The molecule has 17 heavy (non-hydrogen) atoms. The Morgan fingerprint density at radius 1 is 1.18 bits per heavy atom. The molecule has 6 heteroatoms. The Balaban J connectivity index is 1.91. The van der Waals surface area contributed by atoms with E-state index in [1.165, 1.54) is 0 Å². The minimum absolute atomic E-state index is 0.141. The fourth-order valence-corrected chi connectivity index (χ4v) is 1.39. The van der Waals surface area contributed by atoms with Gasteiger partial charge in [0.05, 0.1) is 0 Å². The Hall–Kier alpha value is -2.24. The van der Waals surface area contributed by atoms with Gasteiger partial charge in [-0.3, -0.25) is 9.78 Å². The third-order valence-corrected chi connectivity index (χ3v) is 2.19. The second-order valence-electron chi connectivity index (χ2n) is 3.52. The third-order valence-electron chi connectivity index (χ3n) is 2.19. The van der Waals surface area contributed by atoms with Crippen LogP contribution in [-0.4, -0.2) is 26.3 Å². The number of carbonyl (C=O) groups is 1. The molecule has 6 nitrogen and oxygen atoms in total. The average Bonchev–Trinajstić information content (AvgIpc) is 2.75. The maximum absolute atomic E-state index is 10.4. The van der Waals surface area contributed by atoms with E-state index in [0.29, 0.717) is 12.3 Å². The molecule has 88 valence electrons. The van der Waals surface area contributed by atoms with Gasteiger partial charge in [-0.05, 0) is 24.1 Å². The number of hydrogen-bond acceptors (Lipinski definition) is 5. The second kappa shape index (κ2) is 5.20. The molecule has 2 rings (SSSR count). The van der Waals surface area contributed by atoms with Gasteiger partial charge in [-0.25, -0.2) is 0 Å². The molecule has 0 saturated carbocycles. The lowest BCUT2D eigenvalue weighted by molar-refractivity contribution is -0.136. The van der Waals surface area contributed by atoms with Crippen LogP contribution in [0.5, 0.6) is 0 Å². The number of aromatic nitrogens is 3. The molecule has 2 aromatic rings. The van der Waals surface area contributed by atoms with Crippen molar-refractivity contribution in [2.75, 3.05) is 0 Å². The van der Waals surface area contributed by atoms with Crippen LogP contribution in [0.2, 0.25) is 0 Å². The summed E-state index contributed by atoms with van der Waals surface area (Å²) in [7, 11) is 0. The highest BCUT2D eigenvalue weighted by molar-refractivity contribution is 5.68. The van der Waals surface area contributed by atoms with Gasteiger partial charge in [-0.1, -0.05) is 0 Å². The van der Waals surface area contributed by atoms with Crippen LogP contribution in [0, 0.1) is 0 Å². The summed E-state index contributed by atoms with van der Waals surface area (Å²) in [4.78, 5) is 14.3. The lowest BCUT2D eigenvalue weighted by atomic mass is 10.1. The minimum atomic E-state index is -0.977. The van der Waals surface area contributed by atoms with Crippen molar-refractivity contribution in [1.29, 1.82) is 0 Å². The molecule has 1 N–H and O–H groups in total. The van der Waals surface area contributed by atoms with Crippen LogP contribution in [-0.2, 0) is 24.1 Å². The molecular weight excluding hydrogens is 222 g/mol. The zero-order valence-electron chi connectivity index (χ0n) is 9.04. The minimum Gasteiger partial charge on any atom is -0.481 e. The van der Waals surface area contributed by atoms with E-state index in [4.69, 9.17) is 9.52 Å². The summed E-state index contributed by atoms with van der Waals surface area (Å²) in [6, 6.07) is 3.82. The van der Waals surface area contributed by atoms with E-state index in [0.717, 1.165) is 12.0 Å². The molecule has 0 aliphatic rings. The van der Waals surface area contributed by atoms with Crippen molar-refractivity contribution in [3.8, 4) is 0 Å². The Morgan fingerprint density at radius 3 is 2.59 bits per heavy atom. The summed E-state index contributed by atoms with van der Waals surface area (Å²) in [6.07, 6.45) is 4.56. The van der Waals surface area contributed by atoms with E-state index >= 15 is 0 Å². The average molecular weight is 233 g/mol. The SMILES string of the molecule is O=C(O)Cc1nnc(CCc2ccncc2)o1. The first-order chi connectivity index (χ1) is 8.24. The molecule has 0 radical (unpaired) electrons. The van der Waals surface area contributed by atoms with Crippen molar-refractivity contribution in [2.24, 2.45) is 0 Å². The fraction of sp³-hybridized carbons (Fsp3) is 0.273. The standard InChI is InChI=1S/C11H11N3O3/c15-11(16)7-10-14-13-9(17-10)2-1-8-3-5-12-6-4-8/h3-6H,1-2,7H2,(H,15,16). The first-order valence-electron chi connectivity index (χ1n) is 5.16. The molecule has 0 spiro atoms. The van der Waals surface area contributed by atoms with Crippen LogP contribution in [0.1, 0.15) is 17.3 Å². The summed E-state index contributed by atoms with van der Waals surface area (Å²) < 4.78 is 5.20. The van der Waals surface area contributed by atoms with Crippen molar-refractivity contribution in [2.45, 2.75) is 19.3 Å². The number of carboxylic acid groups (broad SMARTS) is 1. The first-order valence-corrected chi connectivity index (χ1v) is 5.16. The second-order valence-corrected chi connectivity index (χ2v) is 3.52. The first kappa shape index (κ1) is 11.3. The molecule has 0 saturated heterocycles. The van der Waals surface area contributed by atoms with Gasteiger partial charge in [0.25, 0.3) is 0 Å². The third kappa shape index (κ3) is 3.37. The number of aryl methyl sites for hydroxylation is 2. The number of aliphatic carboxylic acids is 1. The monoisotopic (exact) mass is 233 g/mol. The van der Waals surface area contributed by atoms with E-state index in [1.807, 2.05) is 12.1 Å². The van der Waals surface area contributed by atoms with E-state index in [1.54, 1.807) is 12.4 Å². The van der Waals surface area contributed by atoms with Crippen molar-refractivity contribution < 1.29 is 14.3 Å². The van der Waals surface area contributed by atoms with Gasteiger partial charge >= 0.3 is 5.97 Å². The molecule has 0 aromatic carbocycles. The van der Waals surface area contributed by atoms with Crippen molar-refractivity contribution >= 4 is 5.97 Å². The van der Waals surface area contributed by atoms with Crippen LogP contribution < -0.4 is 0 Å². The highest BCUT2D eigenvalue weighted by Gasteiger charge is 2.09. The molecule has 2 heterocycles. The van der Waals surface area contributed by atoms with Crippen LogP contribution >= 0.6 is 0 Å². The zero-order valence-corrected chi connectivity index (χ0v) is 9.04. The molecule has 0 unspecified atom stereocenters. The van der Waals surface area contributed by atoms with Gasteiger partial charge in [0.15, 0.2) is 0 Å². The predicted octanol–water partition coefficient (Wildman–Crippen LogP) is 0.877. The molecule has 2 aromatic heterocycles. The predicted molar refractivity (Wildman–Crippen MR) is 57.3 cm³/mol. The Morgan fingerprint density at radius 2 is 1.88 bits per heavy atom. The van der Waals surface area contributed by atoms with Gasteiger partial charge in [0, 0.05) is 18.8 Å².